The molecule has 0 aromatic heterocycles. The van der Waals surface area contributed by atoms with Crippen LogP contribution in [0.3, 0.4) is 0 Å². The zero-order valence-electron chi connectivity index (χ0n) is 16.0. The van der Waals surface area contributed by atoms with Crippen LogP contribution in [0.5, 0.6) is 11.5 Å². The van der Waals surface area contributed by atoms with Gasteiger partial charge in [-0.1, -0.05) is 18.2 Å². The Balaban J connectivity index is 1.43. The standard InChI is InChI=1S/C22H22FNO5/c1-15(22(26)24-11-10-16-2-6-18(23)7-3-16)29-21(25)9-5-17-4-8-19-20(14-17)28-13-12-27-19/h2-9,14-15H,10-13H2,1H3,(H,24,26)/b9-5+/t15-/m0/s1. The minimum atomic E-state index is -0.930. The van der Waals surface area contributed by atoms with Gasteiger partial charge in [0.05, 0.1) is 0 Å². The number of hydrogen-bond donors (Lipinski definition) is 1. The number of carbonyl (C=O) groups is 2. The Bertz CT molecular complexity index is 895. The zero-order valence-corrected chi connectivity index (χ0v) is 16.0. The molecule has 1 aliphatic rings. The summed E-state index contributed by atoms with van der Waals surface area (Å²) in [5, 5.41) is 2.69. The van der Waals surface area contributed by atoms with Crippen LogP contribution in [0.4, 0.5) is 4.39 Å². The third-order valence-corrected chi connectivity index (χ3v) is 4.27. The van der Waals surface area contributed by atoms with Crippen molar-refractivity contribution in [3.8, 4) is 11.5 Å². The first-order valence-corrected chi connectivity index (χ1v) is 9.32. The number of fused-ring (bicyclic) bond motifs is 1. The molecule has 2 aromatic rings. The molecule has 1 atom stereocenters. The number of esters is 1. The summed E-state index contributed by atoms with van der Waals surface area (Å²) in [5.41, 5.74) is 1.65. The molecule has 7 heteroatoms. The van der Waals surface area contributed by atoms with E-state index in [2.05, 4.69) is 5.32 Å². The van der Waals surface area contributed by atoms with Gasteiger partial charge in [-0.3, -0.25) is 4.79 Å². The molecule has 0 bridgehead atoms. The Morgan fingerprint density at radius 1 is 1.14 bits per heavy atom. The lowest BCUT2D eigenvalue weighted by molar-refractivity contribution is -0.150. The summed E-state index contributed by atoms with van der Waals surface area (Å²) in [6, 6.07) is 11.4. The second kappa shape index (κ2) is 9.73. The SMILES string of the molecule is C[C@H](OC(=O)/C=C/c1ccc2c(c1)OCCO2)C(=O)NCCc1ccc(F)cc1. The highest BCUT2D eigenvalue weighted by Gasteiger charge is 2.16. The van der Waals surface area contributed by atoms with Crippen LogP contribution in [0, 0.1) is 5.82 Å². The molecule has 0 unspecified atom stereocenters. The van der Waals surface area contributed by atoms with E-state index in [-0.39, 0.29) is 5.82 Å². The van der Waals surface area contributed by atoms with E-state index in [0.29, 0.717) is 37.7 Å². The second-order valence-electron chi connectivity index (χ2n) is 6.48. The highest BCUT2D eigenvalue weighted by atomic mass is 19.1. The number of amides is 1. The molecule has 0 spiro atoms. The van der Waals surface area contributed by atoms with Crippen molar-refractivity contribution >= 4 is 18.0 Å². The maximum absolute atomic E-state index is 12.9. The minimum absolute atomic E-state index is 0.303. The topological polar surface area (TPSA) is 73.9 Å². The molecule has 6 nitrogen and oxygen atoms in total. The summed E-state index contributed by atoms with van der Waals surface area (Å²) in [6.45, 7) is 2.86. The molecule has 1 N–H and O–H groups in total. The predicted molar refractivity (Wildman–Crippen MR) is 105 cm³/mol. The van der Waals surface area contributed by atoms with Crippen molar-refractivity contribution in [2.45, 2.75) is 19.4 Å². The largest absolute Gasteiger partial charge is 0.486 e. The van der Waals surface area contributed by atoms with Crippen LogP contribution >= 0.6 is 0 Å². The Labute approximate surface area is 168 Å². The van der Waals surface area contributed by atoms with Crippen molar-refractivity contribution in [2.24, 2.45) is 0 Å². The molecular weight excluding hydrogens is 377 g/mol. The lowest BCUT2D eigenvalue weighted by Gasteiger charge is -2.18. The van der Waals surface area contributed by atoms with Crippen molar-refractivity contribution in [1.82, 2.24) is 5.32 Å². The predicted octanol–water partition coefficient (Wildman–Crippen LogP) is 2.90. The van der Waals surface area contributed by atoms with E-state index in [9.17, 15) is 14.0 Å². The van der Waals surface area contributed by atoms with Crippen LogP contribution in [0.25, 0.3) is 6.08 Å². The first-order valence-electron chi connectivity index (χ1n) is 9.32. The van der Waals surface area contributed by atoms with Crippen LogP contribution < -0.4 is 14.8 Å². The number of benzene rings is 2. The molecule has 29 heavy (non-hydrogen) atoms. The van der Waals surface area contributed by atoms with Gasteiger partial charge < -0.3 is 19.5 Å². The van der Waals surface area contributed by atoms with E-state index in [4.69, 9.17) is 14.2 Å². The summed E-state index contributed by atoms with van der Waals surface area (Å²) < 4.78 is 28.9. The molecule has 0 saturated heterocycles. The Hall–Kier alpha value is -3.35. The zero-order chi connectivity index (χ0) is 20.6. The number of nitrogens with one attached hydrogen (secondary N) is 1. The van der Waals surface area contributed by atoms with Gasteiger partial charge in [0.1, 0.15) is 19.0 Å². The molecule has 2 aromatic carbocycles. The summed E-state index contributed by atoms with van der Waals surface area (Å²) in [7, 11) is 0. The fourth-order valence-electron chi connectivity index (χ4n) is 2.72. The van der Waals surface area contributed by atoms with E-state index in [1.54, 1.807) is 36.4 Å². The normalized spacial score (nSPS) is 13.7. The first kappa shape index (κ1) is 20.4. The Kier molecular flexibility index (Phi) is 6.84. The maximum Gasteiger partial charge on any atom is 0.331 e. The highest BCUT2D eigenvalue weighted by molar-refractivity contribution is 5.90. The fourth-order valence-corrected chi connectivity index (χ4v) is 2.72. The van der Waals surface area contributed by atoms with Gasteiger partial charge in [-0.15, -0.1) is 0 Å². The van der Waals surface area contributed by atoms with Gasteiger partial charge in [0.15, 0.2) is 17.6 Å². The number of ether oxygens (including phenoxy) is 3. The summed E-state index contributed by atoms with van der Waals surface area (Å²) in [5.74, 6) is -0.0283. The van der Waals surface area contributed by atoms with Crippen LogP contribution in [0.15, 0.2) is 48.5 Å². The summed E-state index contributed by atoms with van der Waals surface area (Å²) in [4.78, 5) is 24.0. The molecule has 0 saturated carbocycles. The quantitative estimate of drug-likeness (QED) is 0.573. The van der Waals surface area contributed by atoms with E-state index < -0.39 is 18.0 Å². The van der Waals surface area contributed by atoms with Crippen molar-refractivity contribution in [1.29, 1.82) is 0 Å². The third-order valence-electron chi connectivity index (χ3n) is 4.27. The van der Waals surface area contributed by atoms with Crippen LogP contribution in [-0.2, 0) is 20.7 Å². The molecule has 0 fully saturated rings. The van der Waals surface area contributed by atoms with Gasteiger partial charge in [-0.25, -0.2) is 9.18 Å². The monoisotopic (exact) mass is 399 g/mol. The number of carbonyl (C=O) groups excluding carboxylic acids is 2. The average Bonchev–Trinajstić information content (AvgIpc) is 2.73. The number of halogens is 1. The molecule has 0 aliphatic carbocycles. The van der Waals surface area contributed by atoms with Gasteiger partial charge in [0.25, 0.3) is 5.91 Å². The van der Waals surface area contributed by atoms with Gasteiger partial charge in [-0.2, -0.15) is 0 Å². The smallest absolute Gasteiger partial charge is 0.331 e. The molecule has 3 rings (SSSR count). The van der Waals surface area contributed by atoms with E-state index in [1.165, 1.54) is 25.1 Å². The van der Waals surface area contributed by atoms with Gasteiger partial charge in [-0.05, 0) is 54.8 Å². The van der Waals surface area contributed by atoms with Gasteiger partial charge in [0.2, 0.25) is 0 Å². The first-order chi connectivity index (χ1) is 14.0. The van der Waals surface area contributed by atoms with E-state index in [0.717, 1.165) is 11.1 Å². The van der Waals surface area contributed by atoms with Gasteiger partial charge >= 0.3 is 5.97 Å². The highest BCUT2D eigenvalue weighted by Crippen LogP contribution is 2.31. The average molecular weight is 399 g/mol. The molecule has 1 amide bonds. The molecule has 1 aliphatic heterocycles. The van der Waals surface area contributed by atoms with Crippen LogP contribution in [0.2, 0.25) is 0 Å². The van der Waals surface area contributed by atoms with Crippen molar-refractivity contribution in [3.63, 3.8) is 0 Å². The lowest BCUT2D eigenvalue weighted by Crippen LogP contribution is -2.36. The van der Waals surface area contributed by atoms with Crippen molar-refractivity contribution in [2.75, 3.05) is 19.8 Å². The van der Waals surface area contributed by atoms with Crippen molar-refractivity contribution < 1.29 is 28.2 Å². The van der Waals surface area contributed by atoms with E-state index in [1.807, 2.05) is 0 Å². The lowest BCUT2D eigenvalue weighted by atomic mass is 10.1. The molecular formula is C22H22FNO5. The summed E-state index contributed by atoms with van der Waals surface area (Å²) in [6.07, 6.45) is 2.46. The number of hydrogen-bond acceptors (Lipinski definition) is 5. The number of rotatable bonds is 7. The summed E-state index contributed by atoms with van der Waals surface area (Å²) >= 11 is 0. The second-order valence-corrected chi connectivity index (χ2v) is 6.48. The van der Waals surface area contributed by atoms with Gasteiger partial charge in [0, 0.05) is 12.6 Å². The van der Waals surface area contributed by atoms with E-state index >= 15 is 0 Å². The Morgan fingerprint density at radius 3 is 2.62 bits per heavy atom. The maximum atomic E-state index is 12.9. The third kappa shape index (κ3) is 6.07. The molecule has 0 radical (unpaired) electrons. The van der Waals surface area contributed by atoms with Crippen molar-refractivity contribution in [3.05, 3.63) is 65.5 Å². The fraction of sp³-hybridized carbons (Fsp3) is 0.273. The minimum Gasteiger partial charge on any atom is -0.486 e. The molecule has 1 heterocycles. The van der Waals surface area contributed by atoms with Crippen LogP contribution in [-0.4, -0.2) is 37.7 Å². The Morgan fingerprint density at radius 2 is 1.86 bits per heavy atom. The molecule has 152 valence electrons. The van der Waals surface area contributed by atoms with Crippen LogP contribution in [0.1, 0.15) is 18.1 Å².